The summed E-state index contributed by atoms with van der Waals surface area (Å²) in [7, 11) is 3.10. The number of methoxy groups -OCH3 is 2. The van der Waals surface area contributed by atoms with E-state index in [0.717, 1.165) is 31.5 Å². The molecule has 0 unspecified atom stereocenters. The van der Waals surface area contributed by atoms with E-state index < -0.39 is 17.3 Å². The van der Waals surface area contributed by atoms with Gasteiger partial charge in [-0.25, -0.2) is 0 Å². The number of piperidine rings is 1. The summed E-state index contributed by atoms with van der Waals surface area (Å²) in [6, 6.07) is 5.47. The fourth-order valence-electron chi connectivity index (χ4n) is 4.31. The van der Waals surface area contributed by atoms with E-state index in [1.54, 1.807) is 25.2 Å². The van der Waals surface area contributed by atoms with Gasteiger partial charge < -0.3 is 24.8 Å². The lowest BCUT2D eigenvalue weighted by Gasteiger charge is -2.36. The summed E-state index contributed by atoms with van der Waals surface area (Å²) >= 11 is 0. The van der Waals surface area contributed by atoms with Crippen molar-refractivity contribution in [1.29, 1.82) is 0 Å². The lowest BCUT2D eigenvalue weighted by molar-refractivity contribution is -0.143. The van der Waals surface area contributed by atoms with Crippen LogP contribution in [0.15, 0.2) is 18.2 Å². The molecular weight excluding hydrogens is 348 g/mol. The maximum absolute atomic E-state index is 13.2. The monoisotopic (exact) mass is 376 g/mol. The number of hydrogen-bond donors (Lipinski definition) is 2. The molecule has 1 aromatic rings. The second kappa shape index (κ2) is 7.76. The number of carbonyl (C=O) groups is 2. The second-order valence-electron chi connectivity index (χ2n) is 7.65. The largest absolute Gasteiger partial charge is 0.493 e. The van der Waals surface area contributed by atoms with Crippen molar-refractivity contribution in [2.24, 2.45) is 11.3 Å². The molecule has 3 rings (SSSR count). The number of ether oxygens (including phenoxy) is 2. The molecule has 0 aliphatic carbocycles. The molecule has 2 heterocycles. The number of carboxylic acids is 1. The minimum atomic E-state index is -0.893. The third-order valence-corrected chi connectivity index (χ3v) is 5.98. The number of benzene rings is 1. The van der Waals surface area contributed by atoms with Crippen LogP contribution in [0.25, 0.3) is 0 Å². The molecule has 1 amide bonds. The number of nitrogens with zero attached hydrogens (tertiary/aromatic N) is 1. The maximum Gasteiger partial charge on any atom is 0.308 e. The Labute approximate surface area is 159 Å². The first kappa shape index (κ1) is 19.5. The maximum atomic E-state index is 13.2. The Morgan fingerprint density at radius 3 is 2.48 bits per heavy atom. The van der Waals surface area contributed by atoms with Gasteiger partial charge in [0.15, 0.2) is 11.5 Å². The van der Waals surface area contributed by atoms with Crippen LogP contribution in [0.5, 0.6) is 11.5 Å². The van der Waals surface area contributed by atoms with E-state index in [9.17, 15) is 14.7 Å². The molecule has 2 fully saturated rings. The highest BCUT2D eigenvalue weighted by Crippen LogP contribution is 2.43. The van der Waals surface area contributed by atoms with Gasteiger partial charge in [-0.3, -0.25) is 9.59 Å². The molecule has 2 N–H and O–H groups in total. The molecule has 2 aliphatic rings. The van der Waals surface area contributed by atoms with Crippen LogP contribution in [0.2, 0.25) is 0 Å². The third-order valence-electron chi connectivity index (χ3n) is 5.98. The summed E-state index contributed by atoms with van der Waals surface area (Å²) in [4.78, 5) is 26.9. The van der Waals surface area contributed by atoms with Crippen molar-refractivity contribution in [2.45, 2.75) is 25.7 Å². The molecule has 7 heteroatoms. The normalized spacial score (nSPS) is 24.5. The van der Waals surface area contributed by atoms with Crippen molar-refractivity contribution >= 4 is 11.9 Å². The summed E-state index contributed by atoms with van der Waals surface area (Å²) in [6.07, 6.45) is 1.54. The molecule has 148 valence electrons. The van der Waals surface area contributed by atoms with Gasteiger partial charge in [0.25, 0.3) is 0 Å². The minimum Gasteiger partial charge on any atom is -0.493 e. The molecule has 0 aromatic heterocycles. The molecule has 0 bridgehead atoms. The Balaban J connectivity index is 1.90. The van der Waals surface area contributed by atoms with Gasteiger partial charge in [0, 0.05) is 30.0 Å². The zero-order valence-corrected chi connectivity index (χ0v) is 16.2. The predicted octanol–water partition coefficient (Wildman–Crippen LogP) is 1.72. The second-order valence-corrected chi connectivity index (χ2v) is 7.65. The Bertz CT molecular complexity index is 714. The lowest BCUT2D eigenvalue weighted by Crippen LogP contribution is -2.47. The average Bonchev–Trinajstić information content (AvgIpc) is 3.12. The fourth-order valence-corrected chi connectivity index (χ4v) is 4.31. The van der Waals surface area contributed by atoms with Gasteiger partial charge in [-0.2, -0.15) is 0 Å². The molecule has 2 aliphatic heterocycles. The van der Waals surface area contributed by atoms with E-state index >= 15 is 0 Å². The first-order valence-electron chi connectivity index (χ1n) is 9.35. The topological polar surface area (TPSA) is 88.1 Å². The van der Waals surface area contributed by atoms with Gasteiger partial charge in [-0.1, -0.05) is 19.1 Å². The van der Waals surface area contributed by atoms with E-state index in [1.165, 1.54) is 0 Å². The van der Waals surface area contributed by atoms with Crippen molar-refractivity contribution in [3.8, 4) is 11.5 Å². The van der Waals surface area contributed by atoms with Crippen molar-refractivity contribution < 1.29 is 24.2 Å². The Hall–Kier alpha value is -2.28. The summed E-state index contributed by atoms with van der Waals surface area (Å²) in [5.41, 5.74) is 0.344. The lowest BCUT2D eigenvalue weighted by atomic mass is 9.79. The number of aliphatic carboxylic acids is 1. The number of carboxylic acid groups (broad SMARTS) is 1. The SMILES string of the molecule is COc1cccc([C@H]2CN(C(=O)C3(C)CCNCC3)C[C@@H]2C(=O)O)c1OC. The van der Waals surface area contributed by atoms with Gasteiger partial charge in [-0.05, 0) is 32.0 Å². The molecule has 0 spiro atoms. The molecule has 0 radical (unpaired) electrons. The first-order valence-corrected chi connectivity index (χ1v) is 9.35. The number of hydrogen-bond acceptors (Lipinski definition) is 5. The van der Waals surface area contributed by atoms with Gasteiger partial charge >= 0.3 is 5.97 Å². The van der Waals surface area contributed by atoms with Crippen LogP contribution in [0, 0.1) is 11.3 Å². The van der Waals surface area contributed by atoms with E-state index in [-0.39, 0.29) is 18.4 Å². The van der Waals surface area contributed by atoms with E-state index in [1.807, 2.05) is 19.1 Å². The number of likely N-dealkylation sites (tertiary alicyclic amines) is 1. The van der Waals surface area contributed by atoms with E-state index in [4.69, 9.17) is 9.47 Å². The molecule has 1 aromatic carbocycles. The van der Waals surface area contributed by atoms with E-state index in [2.05, 4.69) is 5.32 Å². The summed E-state index contributed by atoms with van der Waals surface area (Å²) in [5.74, 6) is -0.731. The number of amides is 1. The molecule has 7 nitrogen and oxygen atoms in total. The Morgan fingerprint density at radius 2 is 1.89 bits per heavy atom. The zero-order valence-electron chi connectivity index (χ0n) is 16.2. The summed E-state index contributed by atoms with van der Waals surface area (Å²) < 4.78 is 10.9. The van der Waals surface area contributed by atoms with Crippen molar-refractivity contribution in [3.63, 3.8) is 0 Å². The highest BCUT2D eigenvalue weighted by molar-refractivity contribution is 5.84. The molecule has 0 saturated carbocycles. The number of rotatable bonds is 5. The molecule has 2 atom stereocenters. The highest BCUT2D eigenvalue weighted by atomic mass is 16.5. The highest BCUT2D eigenvalue weighted by Gasteiger charge is 2.46. The average molecular weight is 376 g/mol. The zero-order chi connectivity index (χ0) is 19.6. The van der Waals surface area contributed by atoms with Crippen molar-refractivity contribution in [1.82, 2.24) is 10.2 Å². The Kier molecular flexibility index (Phi) is 5.60. The number of nitrogens with one attached hydrogen (secondary N) is 1. The van der Waals surface area contributed by atoms with Gasteiger partial charge in [-0.15, -0.1) is 0 Å². The number of para-hydroxylation sites is 1. The number of carbonyl (C=O) groups excluding carboxylic acids is 1. The van der Waals surface area contributed by atoms with Gasteiger partial charge in [0.1, 0.15) is 0 Å². The third kappa shape index (κ3) is 3.60. The Morgan fingerprint density at radius 1 is 1.19 bits per heavy atom. The summed E-state index contributed by atoms with van der Waals surface area (Å²) in [5, 5.41) is 13.1. The smallest absolute Gasteiger partial charge is 0.308 e. The first-order chi connectivity index (χ1) is 12.9. The van der Waals surface area contributed by atoms with Crippen LogP contribution < -0.4 is 14.8 Å². The van der Waals surface area contributed by atoms with Crippen molar-refractivity contribution in [2.75, 3.05) is 40.4 Å². The molecular formula is C20H28N2O5. The van der Waals surface area contributed by atoms with Crippen LogP contribution in [-0.2, 0) is 9.59 Å². The standard InChI is InChI=1S/C20H28N2O5/c1-20(7-9-21-10-8-20)19(25)22-11-14(15(12-22)18(23)24)13-5-4-6-16(26-2)17(13)27-3/h4-6,14-15,21H,7-12H2,1-3H3,(H,23,24)/t14-,15+/m1/s1. The fraction of sp³-hybridized carbons (Fsp3) is 0.600. The van der Waals surface area contributed by atoms with Crippen LogP contribution in [-0.4, -0.2) is 62.3 Å². The molecule has 2 saturated heterocycles. The van der Waals surface area contributed by atoms with E-state index in [0.29, 0.717) is 18.0 Å². The van der Waals surface area contributed by atoms with Crippen LogP contribution in [0.3, 0.4) is 0 Å². The van der Waals surface area contributed by atoms with Crippen LogP contribution in [0.4, 0.5) is 0 Å². The molecule has 27 heavy (non-hydrogen) atoms. The minimum absolute atomic E-state index is 0.0552. The van der Waals surface area contributed by atoms with Crippen LogP contribution >= 0.6 is 0 Å². The summed E-state index contributed by atoms with van der Waals surface area (Å²) in [6.45, 7) is 4.22. The van der Waals surface area contributed by atoms with Gasteiger partial charge in [0.05, 0.1) is 20.1 Å². The van der Waals surface area contributed by atoms with Crippen molar-refractivity contribution in [3.05, 3.63) is 23.8 Å². The predicted molar refractivity (Wildman–Crippen MR) is 100 cm³/mol. The quantitative estimate of drug-likeness (QED) is 0.814. The van der Waals surface area contributed by atoms with Crippen LogP contribution in [0.1, 0.15) is 31.2 Å². The van der Waals surface area contributed by atoms with Gasteiger partial charge in [0.2, 0.25) is 5.91 Å².